The Hall–Kier alpha value is -1.21. The van der Waals surface area contributed by atoms with Crippen LogP contribution < -0.4 is 28.5 Å². The number of imidazole rings is 1. The van der Waals surface area contributed by atoms with Crippen LogP contribution in [0.2, 0.25) is 0 Å². The van der Waals surface area contributed by atoms with Crippen molar-refractivity contribution in [3.05, 3.63) is 30.1 Å². The molecule has 0 aliphatic rings. The lowest BCUT2D eigenvalue weighted by Gasteiger charge is -2.31. The highest BCUT2D eigenvalue weighted by Crippen LogP contribution is 2.56. The quantitative estimate of drug-likeness (QED) is 0.343. The first-order valence-electron chi connectivity index (χ1n) is 6.32. The van der Waals surface area contributed by atoms with Crippen molar-refractivity contribution in [1.82, 2.24) is 4.57 Å². The zero-order chi connectivity index (χ0) is 18.7. The van der Waals surface area contributed by atoms with Crippen molar-refractivity contribution in [1.29, 1.82) is 0 Å². The molecule has 0 radical (unpaired) electrons. The molecule has 0 bridgehead atoms. The average Bonchev–Trinajstić information content (AvgIpc) is 2.70. The summed E-state index contributed by atoms with van der Waals surface area (Å²) in [7, 11) is 1.74. The zero-order valence-electron chi connectivity index (χ0n) is 12.5. The van der Waals surface area contributed by atoms with Crippen LogP contribution in [0.1, 0.15) is 5.82 Å². The molecule has 0 aliphatic heterocycles. The first-order chi connectivity index (χ1) is 10.7. The minimum atomic E-state index is -6.92. The lowest BCUT2D eigenvalue weighted by atomic mass is 10.0. The highest BCUT2D eigenvalue weighted by molar-refractivity contribution is 5.72. The van der Waals surface area contributed by atoms with Crippen molar-refractivity contribution < 1.29 is 68.1 Å². The molecule has 0 amide bonds. The zero-order valence-corrected chi connectivity index (χ0v) is 14.6. The van der Waals surface area contributed by atoms with E-state index in [0.29, 0.717) is 9.13 Å². The van der Waals surface area contributed by atoms with Crippen LogP contribution in [-0.4, -0.2) is 22.6 Å². The Morgan fingerprint density at radius 3 is 1.76 bits per heavy atom. The smallest absolute Gasteiger partial charge is 0.460 e. The second kappa shape index (κ2) is 6.20. The molecule has 0 fully saturated rings. The molecule has 2 aromatic rings. The summed E-state index contributed by atoms with van der Waals surface area (Å²) in [6, 6.07) is 5.20. The Balaban J connectivity index is 0.00000312. The molecule has 12 heteroatoms. The summed E-state index contributed by atoms with van der Waals surface area (Å²) < 4.78 is 119. The van der Waals surface area contributed by atoms with Crippen LogP contribution in [0, 0.1) is 0 Å². The van der Waals surface area contributed by atoms with E-state index < -0.39 is 29.8 Å². The van der Waals surface area contributed by atoms with Gasteiger partial charge in [-0.05, 0) is 12.1 Å². The van der Waals surface area contributed by atoms with Crippen molar-refractivity contribution >= 4 is 11.0 Å². The van der Waals surface area contributed by atoms with E-state index in [1.54, 1.807) is 0 Å². The summed E-state index contributed by atoms with van der Waals surface area (Å²) in [4.78, 5) is 0. The SMILES string of the molecule is Cn1c(C(F)(F)C(F)(F)C(F)(F)C(F)(F)F)[n+](C)c2ccccc21.[I-]. The molecule has 0 N–H and O–H groups in total. The summed E-state index contributed by atoms with van der Waals surface area (Å²) in [5, 5.41) is 0. The van der Waals surface area contributed by atoms with Crippen molar-refractivity contribution in [3.63, 3.8) is 0 Å². The summed E-state index contributed by atoms with van der Waals surface area (Å²) in [5.74, 6) is -21.1. The van der Waals surface area contributed by atoms with Gasteiger partial charge in [0.05, 0.1) is 14.1 Å². The lowest BCUT2D eigenvalue weighted by molar-refractivity contribution is -0.668. The van der Waals surface area contributed by atoms with Gasteiger partial charge in [-0.15, -0.1) is 0 Å². The Morgan fingerprint density at radius 2 is 1.32 bits per heavy atom. The number of benzene rings is 1. The van der Waals surface area contributed by atoms with Gasteiger partial charge < -0.3 is 24.0 Å². The van der Waals surface area contributed by atoms with Gasteiger partial charge in [-0.2, -0.15) is 39.5 Å². The molecule has 25 heavy (non-hydrogen) atoms. The van der Waals surface area contributed by atoms with E-state index in [0.717, 1.165) is 14.1 Å². The second-order valence-electron chi connectivity index (χ2n) is 5.15. The Labute approximate surface area is 152 Å². The standard InChI is InChI=1S/C13H10F9N2.HI/c1-23-7-5-3-4-6-8(7)24(2)9(23)10(14,15)11(16,17)12(18,19)13(20,21)22;/h3-6H,1-2H3;1H/q+1;/p-1. The molecule has 0 aliphatic carbocycles. The molecule has 0 atom stereocenters. The predicted molar refractivity (Wildman–Crippen MR) is 63.9 cm³/mol. The number of aromatic nitrogens is 2. The fourth-order valence-electron chi connectivity index (χ4n) is 2.42. The molecular formula is C13H10F9IN2. The Bertz CT molecular complexity index is 741. The van der Waals surface area contributed by atoms with Crippen molar-refractivity contribution in [3.8, 4) is 0 Å². The summed E-state index contributed by atoms with van der Waals surface area (Å²) in [6.07, 6.45) is -6.84. The molecule has 0 unspecified atom stereocenters. The third kappa shape index (κ3) is 2.85. The largest absolute Gasteiger partial charge is 1.00 e. The van der Waals surface area contributed by atoms with E-state index >= 15 is 0 Å². The van der Waals surface area contributed by atoms with Gasteiger partial charge in [0, 0.05) is 0 Å². The maximum absolute atomic E-state index is 14.1. The maximum Gasteiger partial charge on any atom is 0.460 e. The van der Waals surface area contributed by atoms with Crippen LogP contribution in [0.5, 0.6) is 0 Å². The molecule has 1 aromatic carbocycles. The molecule has 0 saturated heterocycles. The second-order valence-corrected chi connectivity index (χ2v) is 5.15. The molecule has 142 valence electrons. The van der Waals surface area contributed by atoms with Crippen LogP contribution in [0.4, 0.5) is 39.5 Å². The first kappa shape index (κ1) is 21.8. The van der Waals surface area contributed by atoms with E-state index in [2.05, 4.69) is 0 Å². The topological polar surface area (TPSA) is 8.81 Å². The van der Waals surface area contributed by atoms with Crippen LogP contribution >= 0.6 is 0 Å². The molecule has 0 saturated carbocycles. The van der Waals surface area contributed by atoms with Crippen LogP contribution in [0.3, 0.4) is 0 Å². The highest BCUT2D eigenvalue weighted by atomic mass is 127. The van der Waals surface area contributed by atoms with E-state index in [9.17, 15) is 39.5 Å². The Kier molecular flexibility index (Phi) is 5.41. The van der Waals surface area contributed by atoms with E-state index in [1.165, 1.54) is 24.3 Å². The van der Waals surface area contributed by atoms with Crippen molar-refractivity contribution in [2.45, 2.75) is 23.9 Å². The summed E-state index contributed by atoms with van der Waals surface area (Å²) >= 11 is 0. The minimum absolute atomic E-state index is 0. The normalized spacial score (nSPS) is 13.9. The van der Waals surface area contributed by atoms with Gasteiger partial charge >= 0.3 is 29.8 Å². The molecule has 1 aromatic heterocycles. The maximum atomic E-state index is 14.1. The van der Waals surface area contributed by atoms with E-state index in [-0.39, 0.29) is 35.0 Å². The third-order valence-electron chi connectivity index (χ3n) is 3.67. The van der Waals surface area contributed by atoms with Gasteiger partial charge in [0.25, 0.3) is 0 Å². The highest BCUT2D eigenvalue weighted by Gasteiger charge is 2.84. The third-order valence-corrected chi connectivity index (χ3v) is 3.67. The van der Waals surface area contributed by atoms with Crippen molar-refractivity contribution in [2.24, 2.45) is 14.1 Å². The van der Waals surface area contributed by atoms with Gasteiger partial charge in [0.2, 0.25) is 0 Å². The molecule has 1 heterocycles. The number of alkyl halides is 9. The number of fused-ring (bicyclic) bond motifs is 1. The molecular weight excluding hydrogens is 482 g/mol. The number of nitrogens with zero attached hydrogens (tertiary/aromatic N) is 2. The summed E-state index contributed by atoms with van der Waals surface area (Å²) in [6.45, 7) is 0. The number of halogens is 10. The summed E-state index contributed by atoms with van der Waals surface area (Å²) in [5.41, 5.74) is -0.0819. The van der Waals surface area contributed by atoms with E-state index in [4.69, 9.17) is 0 Å². The lowest BCUT2D eigenvalue weighted by Crippen LogP contribution is -3.00. The van der Waals surface area contributed by atoms with E-state index in [1.807, 2.05) is 0 Å². The van der Waals surface area contributed by atoms with Crippen LogP contribution in [0.25, 0.3) is 11.0 Å². The van der Waals surface area contributed by atoms with Gasteiger partial charge in [-0.1, -0.05) is 12.1 Å². The predicted octanol–water partition coefficient (Wildman–Crippen LogP) is 0.931. The average molecular weight is 492 g/mol. The monoisotopic (exact) mass is 492 g/mol. The molecule has 2 nitrogen and oxygen atoms in total. The number of hydrogen-bond acceptors (Lipinski definition) is 0. The number of para-hydroxylation sites is 2. The fourth-order valence-corrected chi connectivity index (χ4v) is 2.42. The number of hydrogen-bond donors (Lipinski definition) is 0. The van der Waals surface area contributed by atoms with Gasteiger partial charge in [0.15, 0.2) is 11.0 Å². The van der Waals surface area contributed by atoms with Gasteiger partial charge in [0.1, 0.15) is 0 Å². The number of aryl methyl sites for hydroxylation is 2. The Morgan fingerprint density at radius 1 is 0.840 bits per heavy atom. The first-order valence-corrected chi connectivity index (χ1v) is 6.32. The van der Waals surface area contributed by atoms with Crippen molar-refractivity contribution in [2.75, 3.05) is 0 Å². The van der Waals surface area contributed by atoms with Crippen LogP contribution in [0.15, 0.2) is 24.3 Å². The number of rotatable bonds is 3. The fraction of sp³-hybridized carbons (Fsp3) is 0.462. The minimum Gasteiger partial charge on any atom is -1.00 e. The van der Waals surface area contributed by atoms with Crippen LogP contribution in [-0.2, 0) is 20.0 Å². The molecule has 0 spiro atoms. The molecule has 2 rings (SSSR count). The van der Waals surface area contributed by atoms with Gasteiger partial charge in [-0.3, -0.25) is 0 Å². The van der Waals surface area contributed by atoms with Gasteiger partial charge in [-0.25, -0.2) is 9.13 Å².